The number of allylic oxidation sites excluding steroid dienone is 3. The summed E-state index contributed by atoms with van der Waals surface area (Å²) in [7, 11) is 1.96. The molecule has 0 radical (unpaired) electrons. The lowest BCUT2D eigenvalue weighted by Gasteiger charge is -2.19. The zero-order chi connectivity index (χ0) is 12.7. The van der Waals surface area contributed by atoms with Gasteiger partial charge in [0.2, 0.25) is 0 Å². The Hall–Kier alpha value is -1.83. The van der Waals surface area contributed by atoms with Gasteiger partial charge in [-0.05, 0) is 36.8 Å². The fourth-order valence-electron chi connectivity index (χ4n) is 1.45. The Balaban J connectivity index is 2.57. The van der Waals surface area contributed by atoms with Gasteiger partial charge in [-0.3, -0.25) is 0 Å². The van der Waals surface area contributed by atoms with Crippen LogP contribution >= 0.6 is 0 Å². The van der Waals surface area contributed by atoms with E-state index in [1.54, 1.807) is 12.1 Å². The van der Waals surface area contributed by atoms with Gasteiger partial charge in [-0.2, -0.15) is 0 Å². The summed E-state index contributed by atoms with van der Waals surface area (Å²) in [6.07, 6.45) is 7.86. The lowest BCUT2D eigenvalue weighted by Crippen LogP contribution is -2.19. The quantitative estimate of drug-likeness (QED) is 0.693. The predicted molar refractivity (Wildman–Crippen MR) is 72.8 cm³/mol. The summed E-state index contributed by atoms with van der Waals surface area (Å²) in [5.41, 5.74) is 1.99. The first-order chi connectivity index (χ1) is 8.13. The smallest absolute Gasteiger partial charge is 0.123 e. The zero-order valence-electron chi connectivity index (χ0n) is 10.4. The van der Waals surface area contributed by atoms with E-state index in [4.69, 9.17) is 0 Å². The van der Waals surface area contributed by atoms with Gasteiger partial charge in [0.05, 0.1) is 0 Å². The molecule has 0 spiro atoms. The van der Waals surface area contributed by atoms with Crippen LogP contribution < -0.4 is 4.90 Å². The Morgan fingerprint density at radius 2 is 1.94 bits per heavy atom. The van der Waals surface area contributed by atoms with Crippen molar-refractivity contribution < 1.29 is 4.39 Å². The van der Waals surface area contributed by atoms with E-state index in [0.717, 1.165) is 17.8 Å². The Kier molecular flexibility index (Phi) is 5.21. The number of nitrogens with zero attached hydrogens (tertiary/aromatic N) is 1. The molecule has 0 aliphatic rings. The number of halogens is 1. The van der Waals surface area contributed by atoms with E-state index in [9.17, 15) is 4.39 Å². The van der Waals surface area contributed by atoms with Crippen LogP contribution in [0.1, 0.15) is 6.92 Å². The van der Waals surface area contributed by atoms with Crippen molar-refractivity contribution in [2.45, 2.75) is 6.92 Å². The van der Waals surface area contributed by atoms with Crippen molar-refractivity contribution in [1.29, 1.82) is 0 Å². The Labute approximate surface area is 103 Å². The van der Waals surface area contributed by atoms with Gasteiger partial charge >= 0.3 is 0 Å². The number of likely N-dealkylation sites (N-methyl/N-ethyl adjacent to an activating group) is 1. The van der Waals surface area contributed by atoms with Crippen molar-refractivity contribution in [3.63, 3.8) is 0 Å². The number of benzene rings is 1. The van der Waals surface area contributed by atoms with E-state index < -0.39 is 0 Å². The first kappa shape index (κ1) is 13.2. The summed E-state index contributed by atoms with van der Waals surface area (Å²) in [5.74, 6) is -0.214. The summed E-state index contributed by atoms with van der Waals surface area (Å²) >= 11 is 0. The van der Waals surface area contributed by atoms with Crippen LogP contribution in [0.2, 0.25) is 0 Å². The molecule has 1 aromatic rings. The van der Waals surface area contributed by atoms with E-state index in [-0.39, 0.29) is 5.82 Å². The molecule has 17 heavy (non-hydrogen) atoms. The summed E-state index contributed by atoms with van der Waals surface area (Å²) < 4.78 is 12.8. The van der Waals surface area contributed by atoms with Gasteiger partial charge in [0.15, 0.2) is 0 Å². The van der Waals surface area contributed by atoms with Gasteiger partial charge in [-0.1, -0.05) is 30.9 Å². The normalized spacial score (nSPS) is 11.2. The second-order valence-corrected chi connectivity index (χ2v) is 3.88. The molecule has 1 aromatic carbocycles. The molecule has 0 saturated heterocycles. The van der Waals surface area contributed by atoms with Crippen molar-refractivity contribution >= 4 is 5.69 Å². The van der Waals surface area contributed by atoms with Crippen molar-refractivity contribution in [1.82, 2.24) is 0 Å². The molecule has 0 saturated carbocycles. The maximum Gasteiger partial charge on any atom is 0.123 e. The summed E-state index contributed by atoms with van der Waals surface area (Å²) in [6, 6.07) is 6.45. The SMILES string of the molecule is C=C(/C=C\C=C/C)CN(C)c1ccc(F)cc1. The molecule has 90 valence electrons. The molecule has 0 heterocycles. The maximum absolute atomic E-state index is 12.8. The van der Waals surface area contributed by atoms with E-state index >= 15 is 0 Å². The molecule has 1 rings (SSSR count). The first-order valence-corrected chi connectivity index (χ1v) is 5.57. The summed E-state index contributed by atoms with van der Waals surface area (Å²) in [5, 5.41) is 0. The Morgan fingerprint density at radius 3 is 2.53 bits per heavy atom. The summed E-state index contributed by atoms with van der Waals surface area (Å²) in [4.78, 5) is 2.03. The van der Waals surface area contributed by atoms with Crippen molar-refractivity contribution in [3.8, 4) is 0 Å². The lowest BCUT2D eigenvalue weighted by atomic mass is 10.2. The molecule has 0 atom stereocenters. The molecule has 0 N–H and O–H groups in total. The highest BCUT2D eigenvalue weighted by Gasteiger charge is 2.01. The van der Waals surface area contributed by atoms with E-state index in [0.29, 0.717) is 0 Å². The number of rotatable bonds is 5. The highest BCUT2D eigenvalue weighted by molar-refractivity contribution is 5.47. The molecule has 0 bridgehead atoms. The highest BCUT2D eigenvalue weighted by atomic mass is 19.1. The third-order valence-electron chi connectivity index (χ3n) is 2.34. The second-order valence-electron chi connectivity index (χ2n) is 3.88. The van der Waals surface area contributed by atoms with Gasteiger partial charge in [0, 0.05) is 19.3 Å². The van der Waals surface area contributed by atoms with Gasteiger partial charge in [0.1, 0.15) is 5.82 Å². The molecular formula is C15H18FN. The van der Waals surface area contributed by atoms with Gasteiger partial charge < -0.3 is 4.90 Å². The Bertz CT molecular complexity index is 415. The van der Waals surface area contributed by atoms with E-state index in [1.165, 1.54) is 12.1 Å². The van der Waals surface area contributed by atoms with Crippen LogP contribution in [0.5, 0.6) is 0 Å². The van der Waals surface area contributed by atoms with Crippen LogP contribution in [0.4, 0.5) is 10.1 Å². The number of hydrogen-bond acceptors (Lipinski definition) is 1. The second kappa shape index (κ2) is 6.69. The molecule has 0 aromatic heterocycles. The largest absolute Gasteiger partial charge is 0.370 e. The Morgan fingerprint density at radius 1 is 1.29 bits per heavy atom. The van der Waals surface area contributed by atoms with Crippen LogP contribution in [0, 0.1) is 5.82 Å². The minimum atomic E-state index is -0.214. The number of anilines is 1. The third kappa shape index (κ3) is 4.68. The van der Waals surface area contributed by atoms with Crippen molar-refractivity contribution in [2.75, 3.05) is 18.5 Å². The summed E-state index contributed by atoms with van der Waals surface area (Å²) in [6.45, 7) is 6.67. The molecule has 0 unspecified atom stereocenters. The fraction of sp³-hybridized carbons (Fsp3) is 0.200. The average molecular weight is 231 g/mol. The highest BCUT2D eigenvalue weighted by Crippen LogP contribution is 2.14. The topological polar surface area (TPSA) is 3.24 Å². The minimum absolute atomic E-state index is 0.214. The lowest BCUT2D eigenvalue weighted by molar-refractivity contribution is 0.627. The fourth-order valence-corrected chi connectivity index (χ4v) is 1.45. The monoisotopic (exact) mass is 231 g/mol. The molecule has 0 aliphatic carbocycles. The third-order valence-corrected chi connectivity index (χ3v) is 2.34. The molecule has 2 heteroatoms. The van der Waals surface area contributed by atoms with Crippen LogP contribution in [-0.2, 0) is 0 Å². The van der Waals surface area contributed by atoms with Gasteiger partial charge in [-0.25, -0.2) is 4.39 Å². The van der Waals surface area contributed by atoms with E-state index in [1.807, 2.05) is 43.2 Å². The van der Waals surface area contributed by atoms with Crippen molar-refractivity contribution in [2.24, 2.45) is 0 Å². The van der Waals surface area contributed by atoms with Crippen LogP contribution in [0.25, 0.3) is 0 Å². The molecule has 0 aliphatic heterocycles. The first-order valence-electron chi connectivity index (χ1n) is 5.57. The molecule has 0 amide bonds. The molecule has 0 fully saturated rings. The minimum Gasteiger partial charge on any atom is -0.370 e. The van der Waals surface area contributed by atoms with Gasteiger partial charge in [-0.15, -0.1) is 0 Å². The van der Waals surface area contributed by atoms with Crippen LogP contribution in [-0.4, -0.2) is 13.6 Å². The zero-order valence-corrected chi connectivity index (χ0v) is 10.4. The number of hydrogen-bond donors (Lipinski definition) is 0. The van der Waals surface area contributed by atoms with E-state index in [2.05, 4.69) is 6.58 Å². The standard InChI is InChI=1S/C15H18FN/c1-4-5-6-7-13(2)12-17(3)15-10-8-14(16)9-11-15/h4-11H,2,12H2,1,3H3/b5-4-,7-6-. The van der Waals surface area contributed by atoms with Gasteiger partial charge in [0.25, 0.3) is 0 Å². The predicted octanol–water partition coefficient (Wildman–Crippen LogP) is 3.95. The molecular weight excluding hydrogens is 213 g/mol. The van der Waals surface area contributed by atoms with Crippen LogP contribution in [0.3, 0.4) is 0 Å². The molecule has 1 nitrogen and oxygen atoms in total. The maximum atomic E-state index is 12.8. The average Bonchev–Trinajstić information content (AvgIpc) is 2.30. The van der Waals surface area contributed by atoms with Crippen LogP contribution in [0.15, 0.2) is 60.7 Å². The van der Waals surface area contributed by atoms with Crippen molar-refractivity contribution in [3.05, 3.63) is 66.5 Å².